The predicted molar refractivity (Wildman–Crippen MR) is 61.9 cm³/mol. The maximum Gasteiger partial charge on any atom is 0.0873 e. The Hall–Kier alpha value is -0.380. The van der Waals surface area contributed by atoms with Crippen molar-refractivity contribution in [2.75, 3.05) is 6.54 Å². The summed E-state index contributed by atoms with van der Waals surface area (Å²) in [5, 5.41) is 3.71. The fourth-order valence-corrected chi connectivity index (χ4v) is 4.23. The highest BCUT2D eigenvalue weighted by Crippen LogP contribution is 2.37. The van der Waals surface area contributed by atoms with E-state index in [0.717, 1.165) is 13.0 Å². The third-order valence-electron chi connectivity index (χ3n) is 2.32. The molecule has 3 heteroatoms. The number of hydrogen-bond donors (Lipinski definition) is 1. The van der Waals surface area contributed by atoms with Gasteiger partial charge in [-0.05, 0) is 43.3 Å². The van der Waals surface area contributed by atoms with Crippen LogP contribution in [-0.2, 0) is 6.42 Å². The van der Waals surface area contributed by atoms with Gasteiger partial charge in [-0.15, -0.1) is 22.7 Å². The van der Waals surface area contributed by atoms with Crippen molar-refractivity contribution >= 4 is 32.1 Å². The van der Waals surface area contributed by atoms with E-state index in [4.69, 9.17) is 5.73 Å². The Balaban J connectivity index is 2.61. The SMILES string of the molecule is Cc1csc2sc(CCN)c(C)c12. The minimum absolute atomic E-state index is 0.758. The van der Waals surface area contributed by atoms with Crippen LogP contribution in [0, 0.1) is 13.8 Å². The average Bonchev–Trinajstić information content (AvgIpc) is 2.58. The van der Waals surface area contributed by atoms with Crippen molar-refractivity contribution in [2.24, 2.45) is 5.73 Å². The summed E-state index contributed by atoms with van der Waals surface area (Å²) in [7, 11) is 0. The molecule has 0 aromatic carbocycles. The van der Waals surface area contributed by atoms with Crippen LogP contribution in [0.3, 0.4) is 0 Å². The Morgan fingerprint density at radius 1 is 1.38 bits per heavy atom. The van der Waals surface area contributed by atoms with E-state index < -0.39 is 0 Å². The summed E-state index contributed by atoms with van der Waals surface area (Å²) in [5.74, 6) is 0. The summed E-state index contributed by atoms with van der Waals surface area (Å²) >= 11 is 3.76. The maximum atomic E-state index is 5.57. The molecule has 0 saturated heterocycles. The molecule has 70 valence electrons. The maximum absolute atomic E-state index is 5.57. The van der Waals surface area contributed by atoms with Crippen molar-refractivity contribution in [3.05, 3.63) is 21.4 Å². The topological polar surface area (TPSA) is 26.0 Å². The second-order valence-corrected chi connectivity index (χ2v) is 5.51. The van der Waals surface area contributed by atoms with Gasteiger partial charge in [-0.1, -0.05) is 0 Å². The van der Waals surface area contributed by atoms with E-state index in [2.05, 4.69) is 19.2 Å². The molecule has 0 spiro atoms. The molecule has 0 aliphatic rings. The van der Waals surface area contributed by atoms with Gasteiger partial charge in [0.05, 0.1) is 4.01 Å². The first kappa shape index (κ1) is 9.19. The van der Waals surface area contributed by atoms with E-state index >= 15 is 0 Å². The van der Waals surface area contributed by atoms with Crippen molar-refractivity contribution < 1.29 is 0 Å². The molecule has 2 aromatic heterocycles. The fraction of sp³-hybridized carbons (Fsp3) is 0.400. The molecule has 0 radical (unpaired) electrons. The number of aryl methyl sites for hydroxylation is 2. The molecule has 2 aromatic rings. The van der Waals surface area contributed by atoms with Gasteiger partial charge in [-0.25, -0.2) is 0 Å². The van der Waals surface area contributed by atoms with Gasteiger partial charge in [0.15, 0.2) is 0 Å². The van der Waals surface area contributed by atoms with Crippen LogP contribution in [0.2, 0.25) is 0 Å². The number of thiophene rings is 2. The third kappa shape index (κ3) is 1.41. The summed E-state index contributed by atoms with van der Waals surface area (Å²) in [6.45, 7) is 5.15. The molecule has 2 heterocycles. The highest BCUT2D eigenvalue weighted by molar-refractivity contribution is 7.37. The van der Waals surface area contributed by atoms with Crippen molar-refractivity contribution in [3.63, 3.8) is 0 Å². The Labute approximate surface area is 86.2 Å². The highest BCUT2D eigenvalue weighted by atomic mass is 32.2. The van der Waals surface area contributed by atoms with Gasteiger partial charge >= 0.3 is 0 Å². The van der Waals surface area contributed by atoms with Crippen LogP contribution in [0.4, 0.5) is 0 Å². The van der Waals surface area contributed by atoms with Gasteiger partial charge < -0.3 is 5.73 Å². The lowest BCUT2D eigenvalue weighted by Crippen LogP contribution is -2.01. The van der Waals surface area contributed by atoms with E-state index in [1.165, 1.54) is 25.4 Å². The highest BCUT2D eigenvalue weighted by Gasteiger charge is 2.10. The molecule has 0 bridgehead atoms. The van der Waals surface area contributed by atoms with E-state index in [0.29, 0.717) is 0 Å². The van der Waals surface area contributed by atoms with Gasteiger partial charge in [0.2, 0.25) is 0 Å². The lowest BCUT2D eigenvalue weighted by Gasteiger charge is -1.95. The second-order valence-electron chi connectivity index (χ2n) is 3.27. The molecule has 0 fully saturated rings. The van der Waals surface area contributed by atoms with Crippen molar-refractivity contribution in [3.8, 4) is 0 Å². The molecule has 1 nitrogen and oxygen atoms in total. The molecule has 2 rings (SSSR count). The molecule has 13 heavy (non-hydrogen) atoms. The lowest BCUT2D eigenvalue weighted by atomic mass is 10.1. The first-order valence-electron chi connectivity index (χ1n) is 4.40. The molecule has 0 atom stereocenters. The molecular formula is C10H13NS2. The van der Waals surface area contributed by atoms with Gasteiger partial charge in [0.25, 0.3) is 0 Å². The standard InChI is InChI=1S/C10H13NS2/c1-6-5-12-10-9(6)7(2)8(13-10)3-4-11/h5H,3-4,11H2,1-2H3. The van der Waals surface area contributed by atoms with E-state index in [1.54, 1.807) is 0 Å². The summed E-state index contributed by atoms with van der Waals surface area (Å²) in [4.78, 5) is 1.47. The molecule has 0 amide bonds. The van der Waals surface area contributed by atoms with Crippen LogP contribution in [0.5, 0.6) is 0 Å². The van der Waals surface area contributed by atoms with Gasteiger partial charge in [-0.3, -0.25) is 0 Å². The third-order valence-corrected chi connectivity index (χ3v) is 4.90. The van der Waals surface area contributed by atoms with E-state index in [9.17, 15) is 0 Å². The largest absolute Gasteiger partial charge is 0.330 e. The minimum atomic E-state index is 0.758. The molecule has 0 unspecified atom stereocenters. The van der Waals surface area contributed by atoms with E-state index in [1.807, 2.05) is 22.7 Å². The van der Waals surface area contributed by atoms with Crippen LogP contribution in [0.25, 0.3) is 9.40 Å². The summed E-state index contributed by atoms with van der Waals surface area (Å²) in [6.07, 6.45) is 1.03. The zero-order chi connectivity index (χ0) is 9.42. The minimum Gasteiger partial charge on any atom is -0.330 e. The van der Waals surface area contributed by atoms with E-state index in [-0.39, 0.29) is 0 Å². The lowest BCUT2D eigenvalue weighted by molar-refractivity contribution is 0.981. The Bertz CT molecular complexity index is 425. The number of hydrogen-bond acceptors (Lipinski definition) is 3. The molecule has 0 aliphatic carbocycles. The fourth-order valence-electron chi connectivity index (χ4n) is 1.64. The molecular weight excluding hydrogens is 198 g/mol. The quantitative estimate of drug-likeness (QED) is 0.811. The van der Waals surface area contributed by atoms with Crippen LogP contribution in [0.1, 0.15) is 16.0 Å². The number of nitrogens with two attached hydrogens (primary N) is 1. The molecule has 0 aliphatic heterocycles. The normalized spacial score (nSPS) is 11.3. The zero-order valence-electron chi connectivity index (χ0n) is 7.89. The first-order chi connectivity index (χ1) is 6.24. The van der Waals surface area contributed by atoms with Gasteiger partial charge in [0.1, 0.15) is 0 Å². The predicted octanol–water partition coefficient (Wildman–Crippen LogP) is 3.08. The first-order valence-corrected chi connectivity index (χ1v) is 6.09. The summed E-state index contributed by atoms with van der Waals surface area (Å²) in [6, 6.07) is 0. The Morgan fingerprint density at radius 2 is 2.15 bits per heavy atom. The van der Waals surface area contributed by atoms with Crippen LogP contribution in [-0.4, -0.2) is 6.54 Å². The Kier molecular flexibility index (Phi) is 2.41. The molecule has 2 N–H and O–H groups in total. The molecule has 0 saturated carbocycles. The number of rotatable bonds is 2. The van der Waals surface area contributed by atoms with Crippen molar-refractivity contribution in [1.29, 1.82) is 0 Å². The van der Waals surface area contributed by atoms with Crippen LogP contribution >= 0.6 is 22.7 Å². The average molecular weight is 211 g/mol. The smallest absolute Gasteiger partial charge is 0.0873 e. The van der Waals surface area contributed by atoms with Gasteiger partial charge in [-0.2, -0.15) is 0 Å². The second kappa shape index (κ2) is 3.40. The Morgan fingerprint density at radius 3 is 2.77 bits per heavy atom. The van der Waals surface area contributed by atoms with Crippen LogP contribution < -0.4 is 5.73 Å². The van der Waals surface area contributed by atoms with Gasteiger partial charge in [0, 0.05) is 10.3 Å². The summed E-state index contributed by atoms with van der Waals surface area (Å²) in [5.41, 5.74) is 8.43. The monoisotopic (exact) mass is 211 g/mol. The van der Waals surface area contributed by atoms with Crippen LogP contribution in [0.15, 0.2) is 5.38 Å². The van der Waals surface area contributed by atoms with Crippen molar-refractivity contribution in [2.45, 2.75) is 20.3 Å². The van der Waals surface area contributed by atoms with Crippen molar-refractivity contribution in [1.82, 2.24) is 0 Å². The zero-order valence-corrected chi connectivity index (χ0v) is 9.52. The number of fused-ring (bicyclic) bond motifs is 1. The summed E-state index contributed by atoms with van der Waals surface area (Å²) < 4.78 is 1.46.